The molecule has 5 rings (SSSR count). The molecule has 0 fully saturated rings. The zero-order valence-electron chi connectivity index (χ0n) is 20.8. The Labute approximate surface area is 209 Å². The number of aromatic nitrogens is 3. The van der Waals surface area contributed by atoms with Crippen molar-refractivity contribution < 1.29 is 9.59 Å². The minimum Gasteiger partial charge on any atom is -0.365 e. The van der Waals surface area contributed by atoms with Crippen LogP contribution in [0.5, 0.6) is 0 Å². The van der Waals surface area contributed by atoms with E-state index in [9.17, 15) is 9.59 Å². The van der Waals surface area contributed by atoms with E-state index in [0.717, 1.165) is 28.9 Å². The van der Waals surface area contributed by atoms with Crippen molar-refractivity contribution in [2.75, 3.05) is 10.6 Å². The highest BCUT2D eigenvalue weighted by Crippen LogP contribution is 2.35. The van der Waals surface area contributed by atoms with Gasteiger partial charge >= 0.3 is 0 Å². The van der Waals surface area contributed by atoms with Crippen LogP contribution in [0.25, 0.3) is 11.3 Å². The van der Waals surface area contributed by atoms with Gasteiger partial charge in [0.1, 0.15) is 22.9 Å². The molecule has 0 radical (unpaired) electrons. The fourth-order valence-corrected chi connectivity index (χ4v) is 4.75. The molecule has 0 aliphatic carbocycles. The molecule has 0 bridgehead atoms. The monoisotopic (exact) mass is 480 g/mol. The molecule has 4 aromatic rings. The fourth-order valence-electron chi connectivity index (χ4n) is 4.75. The van der Waals surface area contributed by atoms with Crippen molar-refractivity contribution in [3.8, 4) is 11.3 Å². The Hall–Kier alpha value is -4.46. The predicted molar refractivity (Wildman–Crippen MR) is 141 cm³/mol. The van der Waals surface area contributed by atoms with Crippen molar-refractivity contribution in [1.29, 1.82) is 0 Å². The minimum atomic E-state index is -0.560. The Balaban J connectivity index is 1.49. The van der Waals surface area contributed by atoms with E-state index >= 15 is 0 Å². The number of nitrogens with two attached hydrogens (primary N) is 1. The molecule has 8 nitrogen and oxygen atoms in total. The van der Waals surface area contributed by atoms with E-state index < -0.39 is 5.91 Å². The Morgan fingerprint density at radius 2 is 1.81 bits per heavy atom. The van der Waals surface area contributed by atoms with Crippen molar-refractivity contribution >= 4 is 29.1 Å². The predicted octanol–water partition coefficient (Wildman–Crippen LogP) is 4.83. The summed E-state index contributed by atoms with van der Waals surface area (Å²) in [4.78, 5) is 29.9. The Kier molecular flexibility index (Phi) is 5.80. The summed E-state index contributed by atoms with van der Waals surface area (Å²) < 4.78 is 1.80. The number of fused-ring (bicyclic) bond motifs is 2. The van der Waals surface area contributed by atoms with Gasteiger partial charge in [0.15, 0.2) is 0 Å². The van der Waals surface area contributed by atoms with Gasteiger partial charge in [-0.05, 0) is 81.1 Å². The van der Waals surface area contributed by atoms with Gasteiger partial charge in [0.25, 0.3) is 11.8 Å². The van der Waals surface area contributed by atoms with Gasteiger partial charge in [-0.15, -0.1) is 0 Å². The van der Waals surface area contributed by atoms with E-state index in [-0.39, 0.29) is 5.91 Å². The van der Waals surface area contributed by atoms with E-state index in [0.29, 0.717) is 40.6 Å². The van der Waals surface area contributed by atoms with Gasteiger partial charge in [-0.1, -0.05) is 23.8 Å². The molecule has 0 unspecified atom stereocenters. The number of primary amides is 1. The van der Waals surface area contributed by atoms with E-state index in [1.165, 1.54) is 11.1 Å². The number of anilines is 3. The average molecular weight is 481 g/mol. The van der Waals surface area contributed by atoms with Gasteiger partial charge < -0.3 is 16.4 Å². The molecule has 8 heteroatoms. The van der Waals surface area contributed by atoms with Gasteiger partial charge in [0.2, 0.25) is 0 Å². The lowest BCUT2D eigenvalue weighted by Crippen LogP contribution is -2.15. The number of carbonyl (C=O) groups is 2. The molecule has 182 valence electrons. The number of carbonyl (C=O) groups excluding carboxylic acids is 2. The van der Waals surface area contributed by atoms with Crippen LogP contribution in [0.4, 0.5) is 17.3 Å². The summed E-state index contributed by atoms with van der Waals surface area (Å²) in [5.74, 6) is 0.285. The Bertz CT molecular complexity index is 1520. The number of pyridine rings is 1. The van der Waals surface area contributed by atoms with Crippen LogP contribution in [-0.4, -0.2) is 26.6 Å². The van der Waals surface area contributed by atoms with Gasteiger partial charge in [0, 0.05) is 29.1 Å². The Morgan fingerprint density at radius 1 is 1.00 bits per heavy atom. The number of hydrogen-bond acceptors (Lipinski definition) is 5. The molecule has 1 aliphatic rings. The van der Waals surface area contributed by atoms with Crippen LogP contribution in [-0.2, 0) is 13.0 Å². The van der Waals surface area contributed by atoms with Crippen molar-refractivity contribution in [2.45, 2.75) is 40.7 Å². The molecule has 3 heterocycles. The highest BCUT2D eigenvalue weighted by molar-refractivity contribution is 6.06. The standard InChI is InChI=1S/C28H28N6O2/c1-15-5-8-22-19(12-15)9-10-34-27(31-22)24(26(29)35)25(33-34)20-6-7-21(17(3)14-20)28(36)32-23-13-16(2)11-18(4)30-23/h5-8,11-14,31H,9-10H2,1-4H3,(H2,29,35)(H,30,32,36). The van der Waals surface area contributed by atoms with Crippen LogP contribution in [0.3, 0.4) is 0 Å². The van der Waals surface area contributed by atoms with Crippen LogP contribution in [0.15, 0.2) is 48.5 Å². The third kappa shape index (κ3) is 4.33. The zero-order chi connectivity index (χ0) is 25.6. The number of rotatable bonds is 4. The highest BCUT2D eigenvalue weighted by atomic mass is 16.2. The molecule has 0 saturated heterocycles. The first-order valence-electron chi connectivity index (χ1n) is 11.8. The third-order valence-electron chi connectivity index (χ3n) is 6.39. The van der Waals surface area contributed by atoms with Gasteiger partial charge in [0.05, 0.1) is 0 Å². The number of amides is 2. The van der Waals surface area contributed by atoms with Gasteiger partial charge in [-0.25, -0.2) is 9.67 Å². The zero-order valence-corrected chi connectivity index (χ0v) is 20.8. The number of benzene rings is 2. The lowest BCUT2D eigenvalue weighted by Gasteiger charge is -2.11. The number of nitrogens with one attached hydrogen (secondary N) is 2. The van der Waals surface area contributed by atoms with Crippen LogP contribution >= 0.6 is 0 Å². The molecule has 36 heavy (non-hydrogen) atoms. The van der Waals surface area contributed by atoms with Crippen molar-refractivity contribution in [3.05, 3.63) is 87.6 Å². The molecular weight excluding hydrogens is 452 g/mol. The quantitative estimate of drug-likeness (QED) is 0.387. The Morgan fingerprint density at radius 3 is 2.53 bits per heavy atom. The van der Waals surface area contributed by atoms with Crippen LogP contribution in [0.1, 0.15) is 48.7 Å². The van der Waals surface area contributed by atoms with Gasteiger partial charge in [-0.3, -0.25) is 9.59 Å². The van der Waals surface area contributed by atoms with Gasteiger partial charge in [-0.2, -0.15) is 5.10 Å². The first kappa shape index (κ1) is 23.3. The van der Waals surface area contributed by atoms with Crippen molar-refractivity contribution in [2.24, 2.45) is 5.73 Å². The topological polar surface area (TPSA) is 115 Å². The summed E-state index contributed by atoms with van der Waals surface area (Å²) in [7, 11) is 0. The van der Waals surface area contributed by atoms with Crippen LogP contribution < -0.4 is 16.4 Å². The minimum absolute atomic E-state index is 0.249. The number of aryl methyl sites for hydroxylation is 6. The maximum absolute atomic E-state index is 13.0. The maximum atomic E-state index is 13.0. The summed E-state index contributed by atoms with van der Waals surface area (Å²) in [5.41, 5.74) is 13.8. The molecule has 0 saturated carbocycles. The first-order chi connectivity index (χ1) is 17.2. The molecule has 2 aromatic carbocycles. The first-order valence-corrected chi connectivity index (χ1v) is 11.8. The molecule has 0 spiro atoms. The fraction of sp³-hybridized carbons (Fsp3) is 0.214. The summed E-state index contributed by atoms with van der Waals surface area (Å²) >= 11 is 0. The molecule has 0 atom stereocenters. The average Bonchev–Trinajstić information content (AvgIpc) is 3.07. The largest absolute Gasteiger partial charge is 0.365 e. The maximum Gasteiger partial charge on any atom is 0.257 e. The summed E-state index contributed by atoms with van der Waals surface area (Å²) in [6.07, 6.45) is 0.779. The normalized spacial score (nSPS) is 12.2. The lowest BCUT2D eigenvalue weighted by atomic mass is 10.00. The SMILES string of the molecule is Cc1cc(C)nc(NC(=O)c2ccc(-c3nn4c(c3C(N)=O)Nc3ccc(C)cc3CC4)cc2C)c1. The third-order valence-corrected chi connectivity index (χ3v) is 6.39. The van der Waals surface area contributed by atoms with E-state index in [1.807, 2.05) is 51.1 Å². The van der Waals surface area contributed by atoms with E-state index in [1.54, 1.807) is 16.8 Å². The molecule has 2 amide bonds. The van der Waals surface area contributed by atoms with E-state index in [2.05, 4.69) is 28.6 Å². The molecule has 4 N–H and O–H groups in total. The second kappa shape index (κ2) is 8.96. The second-order valence-electron chi connectivity index (χ2n) is 9.35. The number of nitrogens with zero attached hydrogens (tertiary/aromatic N) is 3. The summed E-state index contributed by atoms with van der Waals surface area (Å²) in [5, 5.41) is 11.0. The molecular formula is C28H28N6O2. The van der Waals surface area contributed by atoms with E-state index in [4.69, 9.17) is 10.8 Å². The molecule has 1 aliphatic heterocycles. The number of hydrogen-bond donors (Lipinski definition) is 3. The highest BCUT2D eigenvalue weighted by Gasteiger charge is 2.26. The molecule has 2 aromatic heterocycles. The lowest BCUT2D eigenvalue weighted by molar-refractivity contribution is 0.0998. The van der Waals surface area contributed by atoms with Crippen molar-refractivity contribution in [3.63, 3.8) is 0 Å². The summed E-state index contributed by atoms with van der Waals surface area (Å²) in [6, 6.07) is 15.4. The van der Waals surface area contributed by atoms with Crippen LogP contribution in [0, 0.1) is 27.7 Å². The smallest absolute Gasteiger partial charge is 0.257 e. The van der Waals surface area contributed by atoms with Crippen molar-refractivity contribution in [1.82, 2.24) is 14.8 Å². The second-order valence-corrected chi connectivity index (χ2v) is 9.35. The van der Waals surface area contributed by atoms with Crippen LogP contribution in [0.2, 0.25) is 0 Å². The summed E-state index contributed by atoms with van der Waals surface area (Å²) in [6.45, 7) is 8.37.